The van der Waals surface area contributed by atoms with Crippen molar-refractivity contribution in [2.24, 2.45) is 0 Å². The Bertz CT molecular complexity index is 461. The second-order valence-electron chi connectivity index (χ2n) is 4.30. The first-order valence-electron chi connectivity index (χ1n) is 6.56. The van der Waals surface area contributed by atoms with Crippen LogP contribution >= 0.6 is 0 Å². The van der Waals surface area contributed by atoms with Crippen LogP contribution in [0.15, 0.2) is 49.1 Å². The van der Waals surface area contributed by atoms with E-state index >= 15 is 0 Å². The monoisotopic (exact) mass is 257 g/mol. The van der Waals surface area contributed by atoms with Crippen LogP contribution in [0.25, 0.3) is 0 Å². The molecule has 100 valence electrons. The van der Waals surface area contributed by atoms with E-state index in [0.29, 0.717) is 6.61 Å². The summed E-state index contributed by atoms with van der Waals surface area (Å²) in [6.45, 7) is 3.65. The van der Waals surface area contributed by atoms with E-state index in [1.54, 1.807) is 6.33 Å². The lowest BCUT2D eigenvalue weighted by Gasteiger charge is -2.18. The molecule has 0 aliphatic carbocycles. The lowest BCUT2D eigenvalue weighted by molar-refractivity contribution is 0.266. The number of benzene rings is 1. The molecule has 0 aliphatic heterocycles. The van der Waals surface area contributed by atoms with Crippen molar-refractivity contribution in [3.8, 4) is 5.75 Å². The predicted octanol–water partition coefficient (Wildman–Crippen LogP) is 2.60. The molecular weight excluding hydrogens is 238 g/mol. The zero-order valence-electron chi connectivity index (χ0n) is 11.1. The Morgan fingerprint density at radius 2 is 1.89 bits per heavy atom. The maximum absolute atomic E-state index is 5.80. The molecule has 0 amide bonds. The van der Waals surface area contributed by atoms with Crippen molar-refractivity contribution in [1.29, 1.82) is 0 Å². The summed E-state index contributed by atoms with van der Waals surface area (Å²) in [5, 5.41) is 3.45. The lowest BCUT2D eigenvalue weighted by atomic mass is 10.1. The minimum atomic E-state index is 0.112. The van der Waals surface area contributed by atoms with E-state index in [0.717, 1.165) is 24.3 Å². The van der Waals surface area contributed by atoms with Gasteiger partial charge in [0.15, 0.2) is 0 Å². The van der Waals surface area contributed by atoms with Gasteiger partial charge < -0.3 is 10.1 Å². The van der Waals surface area contributed by atoms with Crippen molar-refractivity contribution in [2.75, 3.05) is 13.2 Å². The summed E-state index contributed by atoms with van der Waals surface area (Å²) in [6, 6.07) is 9.94. The van der Waals surface area contributed by atoms with E-state index in [4.69, 9.17) is 4.74 Å². The van der Waals surface area contributed by atoms with Crippen LogP contribution in [-0.4, -0.2) is 23.1 Å². The van der Waals surface area contributed by atoms with Gasteiger partial charge in [-0.05, 0) is 25.1 Å². The average Bonchev–Trinajstić information content (AvgIpc) is 2.49. The van der Waals surface area contributed by atoms with Gasteiger partial charge in [-0.1, -0.05) is 25.1 Å². The fraction of sp³-hybridized carbons (Fsp3) is 0.333. The standard InChI is InChI=1S/C15H19N3O/c1-2-8-18-15(13-9-16-12-17-10-13)11-19-14-6-4-3-5-7-14/h3-7,9-10,12,15,18H,2,8,11H2,1H3. The second kappa shape index (κ2) is 7.48. The molecule has 0 bridgehead atoms. The van der Waals surface area contributed by atoms with Crippen molar-refractivity contribution in [1.82, 2.24) is 15.3 Å². The maximum Gasteiger partial charge on any atom is 0.119 e. The molecule has 19 heavy (non-hydrogen) atoms. The summed E-state index contributed by atoms with van der Waals surface area (Å²) in [4.78, 5) is 8.12. The number of ether oxygens (including phenoxy) is 1. The number of nitrogens with one attached hydrogen (secondary N) is 1. The van der Waals surface area contributed by atoms with Crippen molar-refractivity contribution >= 4 is 0 Å². The van der Waals surface area contributed by atoms with E-state index < -0.39 is 0 Å². The van der Waals surface area contributed by atoms with Gasteiger partial charge in [0.25, 0.3) is 0 Å². The lowest BCUT2D eigenvalue weighted by Crippen LogP contribution is -2.27. The van der Waals surface area contributed by atoms with E-state index in [1.165, 1.54) is 0 Å². The Morgan fingerprint density at radius 3 is 2.58 bits per heavy atom. The molecular formula is C15H19N3O. The Kier molecular flexibility index (Phi) is 5.31. The van der Waals surface area contributed by atoms with Crippen LogP contribution in [0.3, 0.4) is 0 Å². The van der Waals surface area contributed by atoms with E-state index in [1.807, 2.05) is 42.7 Å². The normalized spacial score (nSPS) is 12.1. The summed E-state index contributed by atoms with van der Waals surface area (Å²) in [7, 11) is 0. The van der Waals surface area contributed by atoms with E-state index in [9.17, 15) is 0 Å². The smallest absolute Gasteiger partial charge is 0.119 e. The van der Waals surface area contributed by atoms with Crippen LogP contribution in [0.2, 0.25) is 0 Å². The minimum Gasteiger partial charge on any atom is -0.492 e. The molecule has 0 fully saturated rings. The molecule has 0 saturated heterocycles. The fourth-order valence-corrected chi connectivity index (χ4v) is 1.78. The summed E-state index contributed by atoms with van der Waals surface area (Å²) >= 11 is 0. The fourth-order valence-electron chi connectivity index (χ4n) is 1.78. The minimum absolute atomic E-state index is 0.112. The number of rotatable bonds is 7. The van der Waals surface area contributed by atoms with E-state index in [-0.39, 0.29) is 6.04 Å². The molecule has 2 rings (SSSR count). The highest BCUT2D eigenvalue weighted by Gasteiger charge is 2.12. The molecule has 4 nitrogen and oxygen atoms in total. The van der Waals surface area contributed by atoms with Gasteiger partial charge >= 0.3 is 0 Å². The third-order valence-electron chi connectivity index (χ3n) is 2.78. The van der Waals surface area contributed by atoms with Crippen LogP contribution in [0.4, 0.5) is 0 Å². The zero-order chi connectivity index (χ0) is 13.3. The Hall–Kier alpha value is -1.94. The molecule has 1 aromatic carbocycles. The van der Waals surface area contributed by atoms with Gasteiger partial charge in [0, 0.05) is 18.0 Å². The number of aromatic nitrogens is 2. The zero-order valence-corrected chi connectivity index (χ0v) is 11.1. The number of hydrogen-bond acceptors (Lipinski definition) is 4. The van der Waals surface area contributed by atoms with Crippen LogP contribution in [0, 0.1) is 0 Å². The summed E-state index contributed by atoms with van der Waals surface area (Å²) in [5.41, 5.74) is 1.05. The Labute approximate surface area is 113 Å². The van der Waals surface area contributed by atoms with Crippen LogP contribution in [0.1, 0.15) is 24.9 Å². The van der Waals surface area contributed by atoms with Gasteiger partial charge in [0.05, 0.1) is 6.04 Å². The first kappa shape index (κ1) is 13.5. The molecule has 1 unspecified atom stereocenters. The predicted molar refractivity (Wildman–Crippen MR) is 75.0 cm³/mol. The SMILES string of the molecule is CCCNC(COc1ccccc1)c1cncnc1. The molecule has 0 spiro atoms. The van der Waals surface area contributed by atoms with Gasteiger partial charge in [-0.15, -0.1) is 0 Å². The van der Waals surface area contributed by atoms with Gasteiger partial charge in [-0.2, -0.15) is 0 Å². The summed E-state index contributed by atoms with van der Waals surface area (Å²) in [6.07, 6.45) is 6.28. The summed E-state index contributed by atoms with van der Waals surface area (Å²) < 4.78 is 5.80. The summed E-state index contributed by atoms with van der Waals surface area (Å²) in [5.74, 6) is 0.877. The van der Waals surface area contributed by atoms with E-state index in [2.05, 4.69) is 22.2 Å². The van der Waals surface area contributed by atoms with Crippen molar-refractivity contribution in [2.45, 2.75) is 19.4 Å². The highest BCUT2D eigenvalue weighted by Crippen LogP contribution is 2.14. The maximum atomic E-state index is 5.80. The van der Waals surface area contributed by atoms with Gasteiger partial charge in [0.1, 0.15) is 18.7 Å². The second-order valence-corrected chi connectivity index (χ2v) is 4.30. The third kappa shape index (κ3) is 4.34. The molecule has 4 heteroatoms. The van der Waals surface area contributed by atoms with Crippen LogP contribution < -0.4 is 10.1 Å². The molecule has 0 radical (unpaired) electrons. The van der Waals surface area contributed by atoms with Crippen molar-refractivity contribution < 1.29 is 4.74 Å². The molecule has 1 N–H and O–H groups in total. The Balaban J connectivity index is 1.98. The highest BCUT2D eigenvalue weighted by atomic mass is 16.5. The van der Waals surface area contributed by atoms with Gasteiger partial charge in [-0.3, -0.25) is 0 Å². The van der Waals surface area contributed by atoms with Crippen molar-refractivity contribution in [3.05, 3.63) is 54.6 Å². The van der Waals surface area contributed by atoms with Gasteiger partial charge in [-0.25, -0.2) is 9.97 Å². The third-order valence-corrected chi connectivity index (χ3v) is 2.78. The average molecular weight is 257 g/mol. The first-order valence-corrected chi connectivity index (χ1v) is 6.56. The van der Waals surface area contributed by atoms with Crippen LogP contribution in [0.5, 0.6) is 5.75 Å². The number of nitrogens with zero attached hydrogens (tertiary/aromatic N) is 2. The largest absolute Gasteiger partial charge is 0.492 e. The number of para-hydroxylation sites is 1. The molecule has 2 aromatic rings. The van der Waals surface area contributed by atoms with Gasteiger partial charge in [0.2, 0.25) is 0 Å². The molecule has 1 atom stereocenters. The molecule has 0 saturated carbocycles. The first-order chi connectivity index (χ1) is 9.40. The number of hydrogen-bond donors (Lipinski definition) is 1. The molecule has 1 heterocycles. The molecule has 1 aromatic heterocycles. The quantitative estimate of drug-likeness (QED) is 0.828. The Morgan fingerprint density at radius 1 is 1.16 bits per heavy atom. The van der Waals surface area contributed by atoms with Crippen LogP contribution in [-0.2, 0) is 0 Å². The van der Waals surface area contributed by atoms with Crippen molar-refractivity contribution in [3.63, 3.8) is 0 Å². The highest BCUT2D eigenvalue weighted by molar-refractivity contribution is 5.21. The topological polar surface area (TPSA) is 47.0 Å². The molecule has 0 aliphatic rings.